The standard InChI is InChI=1S/C12H12N6O4/c13-11(21)17-15-5-9(19)7-1-2-8(4-3-7)10(20)6-16-18-12(14)22/h1-6H,(H3,13,17,21)(H3,14,18,22). The minimum atomic E-state index is -0.895. The highest BCUT2D eigenvalue weighted by Crippen LogP contribution is 2.05. The molecule has 0 aliphatic carbocycles. The average molecular weight is 304 g/mol. The second kappa shape index (κ2) is 7.89. The second-order valence-corrected chi connectivity index (χ2v) is 3.77. The Kier molecular flexibility index (Phi) is 5.92. The minimum Gasteiger partial charge on any atom is -0.350 e. The molecular formula is C12H12N6O4. The minimum absolute atomic E-state index is 0.249. The van der Waals surface area contributed by atoms with Crippen molar-refractivity contribution in [2.24, 2.45) is 21.7 Å². The number of ketones is 2. The number of rotatable bonds is 6. The summed E-state index contributed by atoms with van der Waals surface area (Å²) in [5.74, 6) is -0.978. The van der Waals surface area contributed by atoms with Crippen molar-refractivity contribution in [1.82, 2.24) is 10.9 Å². The molecule has 0 unspecified atom stereocenters. The van der Waals surface area contributed by atoms with Crippen molar-refractivity contribution in [2.45, 2.75) is 0 Å². The topological polar surface area (TPSA) is 169 Å². The Balaban J connectivity index is 2.70. The molecule has 0 fully saturated rings. The molecule has 10 nitrogen and oxygen atoms in total. The average Bonchev–Trinajstić information content (AvgIpc) is 2.46. The molecule has 0 saturated carbocycles. The lowest BCUT2D eigenvalue weighted by molar-refractivity contribution is 0.105. The van der Waals surface area contributed by atoms with E-state index in [4.69, 9.17) is 11.5 Å². The molecule has 6 N–H and O–H groups in total. The van der Waals surface area contributed by atoms with Gasteiger partial charge < -0.3 is 11.5 Å². The van der Waals surface area contributed by atoms with Crippen LogP contribution in [0.5, 0.6) is 0 Å². The van der Waals surface area contributed by atoms with Gasteiger partial charge in [0.2, 0.25) is 11.6 Å². The van der Waals surface area contributed by atoms with Gasteiger partial charge in [0.25, 0.3) is 0 Å². The number of nitrogens with zero attached hydrogens (tertiary/aromatic N) is 2. The van der Waals surface area contributed by atoms with Crippen molar-refractivity contribution in [3.05, 3.63) is 35.4 Å². The fourth-order valence-corrected chi connectivity index (χ4v) is 1.26. The Hall–Kier alpha value is -3.56. The fraction of sp³-hybridized carbons (Fsp3) is 0. The van der Waals surface area contributed by atoms with E-state index >= 15 is 0 Å². The van der Waals surface area contributed by atoms with Gasteiger partial charge in [-0.1, -0.05) is 24.3 Å². The number of amides is 4. The number of hydrazone groups is 2. The second-order valence-electron chi connectivity index (χ2n) is 3.77. The number of benzene rings is 1. The summed E-state index contributed by atoms with van der Waals surface area (Å²) in [4.78, 5) is 44.0. The van der Waals surface area contributed by atoms with E-state index < -0.39 is 23.6 Å². The van der Waals surface area contributed by atoms with E-state index in [1.807, 2.05) is 10.9 Å². The number of hydrogen-bond donors (Lipinski definition) is 4. The highest BCUT2D eigenvalue weighted by atomic mass is 16.2. The van der Waals surface area contributed by atoms with Gasteiger partial charge in [-0.05, 0) is 0 Å². The summed E-state index contributed by atoms with van der Waals surface area (Å²) in [6.07, 6.45) is 1.75. The molecule has 0 bridgehead atoms. The summed E-state index contributed by atoms with van der Waals surface area (Å²) in [6, 6.07) is 3.77. The molecule has 1 aromatic rings. The Labute approximate surface area is 124 Å². The Bertz CT molecular complexity index is 593. The van der Waals surface area contributed by atoms with Gasteiger partial charge in [0.15, 0.2) is 0 Å². The number of urea groups is 2. The van der Waals surface area contributed by atoms with Crippen LogP contribution in [0.2, 0.25) is 0 Å². The van der Waals surface area contributed by atoms with Gasteiger partial charge in [0.1, 0.15) is 0 Å². The van der Waals surface area contributed by atoms with Gasteiger partial charge in [0.05, 0.1) is 12.4 Å². The van der Waals surface area contributed by atoms with Crippen LogP contribution in [-0.4, -0.2) is 36.1 Å². The van der Waals surface area contributed by atoms with Crippen molar-refractivity contribution >= 4 is 36.1 Å². The van der Waals surface area contributed by atoms with Gasteiger partial charge in [-0.2, -0.15) is 10.2 Å². The maximum atomic E-state index is 11.6. The Morgan fingerprint density at radius 1 is 0.773 bits per heavy atom. The lowest BCUT2D eigenvalue weighted by Crippen LogP contribution is -2.25. The largest absolute Gasteiger partial charge is 0.350 e. The van der Waals surface area contributed by atoms with Gasteiger partial charge in [0, 0.05) is 11.1 Å². The van der Waals surface area contributed by atoms with Gasteiger partial charge in [-0.25, -0.2) is 20.4 Å². The van der Waals surface area contributed by atoms with E-state index in [2.05, 4.69) is 10.2 Å². The summed E-state index contributed by atoms with van der Waals surface area (Å²) in [6.45, 7) is 0. The summed E-state index contributed by atoms with van der Waals surface area (Å²) in [5.41, 5.74) is 13.8. The number of carbonyl (C=O) groups excluding carboxylic acids is 4. The molecule has 0 atom stereocenters. The van der Waals surface area contributed by atoms with Crippen LogP contribution in [0.3, 0.4) is 0 Å². The monoisotopic (exact) mass is 304 g/mol. The third-order valence-corrected chi connectivity index (χ3v) is 2.17. The molecule has 0 spiro atoms. The van der Waals surface area contributed by atoms with Crippen molar-refractivity contribution in [1.29, 1.82) is 0 Å². The molecule has 1 aromatic carbocycles. The first-order valence-corrected chi connectivity index (χ1v) is 5.76. The molecule has 0 radical (unpaired) electrons. The molecule has 0 heterocycles. The third-order valence-electron chi connectivity index (χ3n) is 2.17. The predicted molar refractivity (Wildman–Crippen MR) is 77.5 cm³/mol. The highest BCUT2D eigenvalue weighted by Gasteiger charge is 2.06. The third kappa shape index (κ3) is 5.61. The van der Waals surface area contributed by atoms with Gasteiger partial charge in [-0.3, -0.25) is 9.59 Å². The highest BCUT2D eigenvalue weighted by molar-refractivity contribution is 6.37. The molecule has 0 aliphatic heterocycles. The lowest BCUT2D eigenvalue weighted by Gasteiger charge is -1.98. The molecule has 10 heteroatoms. The summed E-state index contributed by atoms with van der Waals surface area (Å²) in [5, 5.41) is 6.64. The van der Waals surface area contributed by atoms with E-state index in [1.165, 1.54) is 24.3 Å². The number of primary amides is 2. The molecule has 0 saturated heterocycles. The number of Topliss-reactive ketones (excluding diaryl/α,β-unsaturated/α-hetero) is 2. The van der Waals surface area contributed by atoms with Crippen molar-refractivity contribution in [3.8, 4) is 0 Å². The number of nitrogens with one attached hydrogen (secondary N) is 2. The quantitative estimate of drug-likeness (QED) is 0.311. The van der Waals surface area contributed by atoms with Crippen molar-refractivity contribution in [2.75, 3.05) is 0 Å². The number of nitrogens with two attached hydrogens (primary N) is 2. The van der Waals surface area contributed by atoms with E-state index in [-0.39, 0.29) is 11.1 Å². The molecule has 22 heavy (non-hydrogen) atoms. The van der Waals surface area contributed by atoms with Crippen LogP contribution < -0.4 is 22.3 Å². The van der Waals surface area contributed by atoms with E-state index in [0.29, 0.717) is 0 Å². The van der Waals surface area contributed by atoms with Crippen LogP contribution >= 0.6 is 0 Å². The summed E-state index contributed by atoms with van der Waals surface area (Å²) in [7, 11) is 0. The van der Waals surface area contributed by atoms with Crippen LogP contribution in [0.1, 0.15) is 20.7 Å². The predicted octanol–water partition coefficient (Wildman–Crippen LogP) is -0.640. The van der Waals surface area contributed by atoms with Crippen molar-refractivity contribution < 1.29 is 19.2 Å². The maximum absolute atomic E-state index is 11.6. The van der Waals surface area contributed by atoms with E-state index in [9.17, 15) is 19.2 Å². The Morgan fingerprint density at radius 2 is 1.09 bits per heavy atom. The summed E-state index contributed by atoms with van der Waals surface area (Å²) < 4.78 is 0. The van der Waals surface area contributed by atoms with Crippen molar-refractivity contribution in [3.63, 3.8) is 0 Å². The van der Waals surface area contributed by atoms with Gasteiger partial charge >= 0.3 is 12.1 Å². The molecule has 0 aliphatic rings. The zero-order valence-corrected chi connectivity index (χ0v) is 11.1. The van der Waals surface area contributed by atoms with Crippen LogP contribution in [0.15, 0.2) is 34.5 Å². The molecule has 4 amide bonds. The number of carbonyl (C=O) groups is 4. The smallest absolute Gasteiger partial charge is 0.332 e. The van der Waals surface area contributed by atoms with Crippen LogP contribution in [0.25, 0.3) is 0 Å². The molecule has 0 aromatic heterocycles. The normalized spacial score (nSPS) is 10.5. The zero-order chi connectivity index (χ0) is 16.5. The molecule has 1 rings (SSSR count). The Morgan fingerprint density at radius 3 is 1.36 bits per heavy atom. The van der Waals surface area contributed by atoms with Gasteiger partial charge in [-0.15, -0.1) is 0 Å². The zero-order valence-electron chi connectivity index (χ0n) is 11.1. The molecular weight excluding hydrogens is 292 g/mol. The SMILES string of the molecule is NC(=O)NN=CC(=O)c1ccc(C(=O)C=NNC(N)=O)cc1. The van der Waals surface area contributed by atoms with Crippen LogP contribution in [0.4, 0.5) is 9.59 Å². The lowest BCUT2D eigenvalue weighted by atomic mass is 10.1. The first-order chi connectivity index (χ1) is 10.4. The van der Waals surface area contributed by atoms with Crippen LogP contribution in [-0.2, 0) is 0 Å². The van der Waals surface area contributed by atoms with E-state index in [0.717, 1.165) is 12.4 Å². The van der Waals surface area contributed by atoms with Crippen LogP contribution in [0, 0.1) is 0 Å². The first kappa shape index (κ1) is 16.5. The molecule has 114 valence electrons. The van der Waals surface area contributed by atoms with E-state index in [1.54, 1.807) is 0 Å². The maximum Gasteiger partial charge on any atom is 0.332 e. The summed E-state index contributed by atoms with van der Waals surface area (Å²) >= 11 is 0. The fourth-order valence-electron chi connectivity index (χ4n) is 1.26. The first-order valence-electron chi connectivity index (χ1n) is 5.76. The number of hydrogen-bond acceptors (Lipinski definition) is 6.